The van der Waals surface area contributed by atoms with Crippen molar-refractivity contribution in [3.63, 3.8) is 0 Å². The number of ether oxygens (including phenoxy) is 2. The topological polar surface area (TPSA) is 72.7 Å². The Kier molecular flexibility index (Phi) is 6.31. The highest BCUT2D eigenvalue weighted by molar-refractivity contribution is 7.22. The Morgan fingerprint density at radius 2 is 2.13 bits per heavy atom. The molecule has 3 heterocycles. The lowest BCUT2D eigenvalue weighted by molar-refractivity contribution is 0.0391. The molecule has 1 fully saturated rings. The average molecular weight is 430 g/mol. The molecule has 0 atom stereocenters. The molecule has 160 valence electrons. The first-order valence-corrected chi connectivity index (χ1v) is 11.0. The summed E-state index contributed by atoms with van der Waals surface area (Å²) in [6.07, 6.45) is 1.72. The molecule has 0 bridgehead atoms. The molecule has 30 heavy (non-hydrogen) atoms. The molecule has 9 heteroatoms. The minimum Gasteiger partial charge on any atom is -0.492 e. The van der Waals surface area contributed by atoms with E-state index < -0.39 is 0 Å². The number of amides is 1. The number of hydrogen-bond acceptors (Lipinski definition) is 7. The van der Waals surface area contributed by atoms with E-state index >= 15 is 0 Å². The monoisotopic (exact) mass is 429 g/mol. The molecule has 0 N–H and O–H groups in total. The van der Waals surface area contributed by atoms with Crippen molar-refractivity contribution >= 4 is 32.6 Å². The van der Waals surface area contributed by atoms with Gasteiger partial charge in [-0.3, -0.25) is 19.3 Å². The SMILES string of the molecule is CCOc1cccc2sc(N(CCN3CCOCC3)C(=O)c3c(C)cnn3C)nc12. The molecule has 1 aromatic carbocycles. The van der Waals surface area contributed by atoms with Crippen LogP contribution in [0.1, 0.15) is 23.0 Å². The van der Waals surface area contributed by atoms with Crippen LogP contribution in [0.25, 0.3) is 10.2 Å². The maximum Gasteiger partial charge on any atom is 0.278 e. The molecule has 0 aliphatic carbocycles. The number of thiazole rings is 1. The smallest absolute Gasteiger partial charge is 0.278 e. The number of carbonyl (C=O) groups excluding carboxylic acids is 1. The molecular formula is C21H27N5O3S. The van der Waals surface area contributed by atoms with Gasteiger partial charge in [-0.15, -0.1) is 0 Å². The van der Waals surface area contributed by atoms with Gasteiger partial charge in [0.25, 0.3) is 5.91 Å². The lowest BCUT2D eigenvalue weighted by Crippen LogP contribution is -2.43. The van der Waals surface area contributed by atoms with Gasteiger partial charge in [0.15, 0.2) is 5.13 Å². The van der Waals surface area contributed by atoms with Crippen LogP contribution < -0.4 is 9.64 Å². The van der Waals surface area contributed by atoms with E-state index in [0.29, 0.717) is 24.0 Å². The van der Waals surface area contributed by atoms with Gasteiger partial charge in [0, 0.05) is 33.2 Å². The van der Waals surface area contributed by atoms with Crippen LogP contribution in [0.3, 0.4) is 0 Å². The van der Waals surface area contributed by atoms with Gasteiger partial charge in [-0.05, 0) is 31.5 Å². The zero-order chi connectivity index (χ0) is 21.1. The molecule has 1 saturated heterocycles. The van der Waals surface area contributed by atoms with Crippen LogP contribution >= 0.6 is 11.3 Å². The highest BCUT2D eigenvalue weighted by Crippen LogP contribution is 2.35. The number of carbonyl (C=O) groups is 1. The van der Waals surface area contributed by atoms with Crippen molar-refractivity contribution in [2.24, 2.45) is 7.05 Å². The highest BCUT2D eigenvalue weighted by atomic mass is 32.1. The van der Waals surface area contributed by atoms with Crippen LogP contribution in [-0.2, 0) is 11.8 Å². The number of hydrogen-bond donors (Lipinski definition) is 0. The third-order valence-corrected chi connectivity index (χ3v) is 6.26. The fourth-order valence-electron chi connectivity index (χ4n) is 3.63. The van der Waals surface area contributed by atoms with Crippen LogP contribution in [0.2, 0.25) is 0 Å². The average Bonchev–Trinajstić information content (AvgIpc) is 3.32. The minimum atomic E-state index is -0.0854. The predicted octanol–water partition coefficient (Wildman–Crippen LogP) is 2.72. The fourth-order valence-corrected chi connectivity index (χ4v) is 4.64. The molecule has 0 saturated carbocycles. The van der Waals surface area contributed by atoms with Crippen LogP contribution in [0, 0.1) is 6.92 Å². The second-order valence-electron chi connectivity index (χ2n) is 7.24. The number of rotatable bonds is 7. The van der Waals surface area contributed by atoms with Crippen LogP contribution in [0.4, 0.5) is 5.13 Å². The Morgan fingerprint density at radius 3 is 2.83 bits per heavy atom. The first-order chi connectivity index (χ1) is 14.6. The molecule has 1 aliphatic rings. The maximum absolute atomic E-state index is 13.6. The molecule has 0 radical (unpaired) electrons. The summed E-state index contributed by atoms with van der Waals surface area (Å²) in [5, 5.41) is 4.93. The summed E-state index contributed by atoms with van der Waals surface area (Å²) in [5.74, 6) is 0.660. The highest BCUT2D eigenvalue weighted by Gasteiger charge is 2.26. The van der Waals surface area contributed by atoms with Gasteiger partial charge < -0.3 is 9.47 Å². The Hall–Kier alpha value is -2.49. The molecule has 0 unspecified atom stereocenters. The second-order valence-corrected chi connectivity index (χ2v) is 8.25. The van der Waals surface area contributed by atoms with Gasteiger partial charge in [-0.25, -0.2) is 4.98 Å². The van der Waals surface area contributed by atoms with Crippen molar-refractivity contribution in [1.82, 2.24) is 19.7 Å². The third-order valence-electron chi connectivity index (χ3n) is 5.21. The van der Waals surface area contributed by atoms with Gasteiger partial charge >= 0.3 is 0 Å². The molecule has 1 amide bonds. The number of nitrogens with zero attached hydrogens (tertiary/aromatic N) is 5. The molecule has 3 aromatic rings. The standard InChI is InChI=1S/C21H27N5O3S/c1-4-29-16-6-5-7-17-18(16)23-21(30-17)26(9-8-25-10-12-28-13-11-25)20(27)19-15(2)14-22-24(19)3/h5-7,14H,4,8-13H2,1-3H3. The number of morpholine rings is 1. The summed E-state index contributed by atoms with van der Waals surface area (Å²) in [6, 6.07) is 5.89. The van der Waals surface area contributed by atoms with E-state index in [0.717, 1.165) is 54.4 Å². The molecule has 2 aromatic heterocycles. The quantitative estimate of drug-likeness (QED) is 0.575. The normalized spacial score (nSPS) is 14.9. The Bertz CT molecular complexity index is 1010. The predicted molar refractivity (Wildman–Crippen MR) is 118 cm³/mol. The van der Waals surface area contributed by atoms with Crippen LogP contribution in [0.15, 0.2) is 24.4 Å². The Labute approximate surface area is 180 Å². The third kappa shape index (κ3) is 4.19. The van der Waals surface area contributed by atoms with E-state index in [-0.39, 0.29) is 5.91 Å². The Balaban J connectivity index is 1.68. The largest absolute Gasteiger partial charge is 0.492 e. The van der Waals surface area contributed by atoms with E-state index in [4.69, 9.17) is 14.5 Å². The summed E-state index contributed by atoms with van der Waals surface area (Å²) >= 11 is 1.51. The van der Waals surface area contributed by atoms with E-state index in [9.17, 15) is 4.79 Å². The van der Waals surface area contributed by atoms with E-state index in [1.54, 1.807) is 22.8 Å². The van der Waals surface area contributed by atoms with Gasteiger partial charge in [-0.2, -0.15) is 5.10 Å². The summed E-state index contributed by atoms with van der Waals surface area (Å²) in [4.78, 5) is 22.5. The zero-order valence-corrected chi connectivity index (χ0v) is 18.4. The van der Waals surface area contributed by atoms with Crippen LogP contribution in [0.5, 0.6) is 5.75 Å². The molecule has 4 rings (SSSR count). The second kappa shape index (κ2) is 9.11. The molecule has 8 nitrogen and oxygen atoms in total. The number of para-hydroxylation sites is 1. The fraction of sp³-hybridized carbons (Fsp3) is 0.476. The summed E-state index contributed by atoms with van der Waals surface area (Å²) in [6.45, 7) is 8.96. The van der Waals surface area contributed by atoms with Crippen molar-refractivity contribution in [3.05, 3.63) is 35.7 Å². The summed E-state index contributed by atoms with van der Waals surface area (Å²) < 4.78 is 13.8. The first-order valence-electron chi connectivity index (χ1n) is 10.2. The maximum atomic E-state index is 13.6. The number of benzene rings is 1. The Morgan fingerprint density at radius 1 is 1.33 bits per heavy atom. The van der Waals surface area contributed by atoms with Crippen molar-refractivity contribution in [2.45, 2.75) is 13.8 Å². The van der Waals surface area contributed by atoms with E-state index in [2.05, 4.69) is 10.00 Å². The van der Waals surface area contributed by atoms with E-state index in [1.807, 2.05) is 32.0 Å². The molecule has 0 spiro atoms. The number of anilines is 1. The zero-order valence-electron chi connectivity index (χ0n) is 17.6. The van der Waals surface area contributed by atoms with Crippen molar-refractivity contribution in [1.29, 1.82) is 0 Å². The number of aryl methyl sites for hydroxylation is 2. The lowest BCUT2D eigenvalue weighted by atomic mass is 10.2. The van der Waals surface area contributed by atoms with Crippen molar-refractivity contribution in [2.75, 3.05) is 50.9 Å². The number of aromatic nitrogens is 3. The van der Waals surface area contributed by atoms with Crippen molar-refractivity contribution < 1.29 is 14.3 Å². The number of fused-ring (bicyclic) bond motifs is 1. The minimum absolute atomic E-state index is 0.0854. The lowest BCUT2D eigenvalue weighted by Gasteiger charge is -2.29. The van der Waals surface area contributed by atoms with Gasteiger partial charge in [0.1, 0.15) is 17.0 Å². The first kappa shape index (κ1) is 20.8. The van der Waals surface area contributed by atoms with Gasteiger partial charge in [0.05, 0.1) is 30.7 Å². The summed E-state index contributed by atoms with van der Waals surface area (Å²) in [7, 11) is 1.80. The van der Waals surface area contributed by atoms with Crippen molar-refractivity contribution in [3.8, 4) is 5.75 Å². The van der Waals surface area contributed by atoms with Gasteiger partial charge in [-0.1, -0.05) is 17.4 Å². The molecule has 1 aliphatic heterocycles. The molecular weight excluding hydrogens is 402 g/mol. The van der Waals surface area contributed by atoms with Crippen LogP contribution in [-0.4, -0.2) is 71.6 Å². The van der Waals surface area contributed by atoms with E-state index in [1.165, 1.54) is 11.3 Å². The summed E-state index contributed by atoms with van der Waals surface area (Å²) in [5.41, 5.74) is 2.24. The van der Waals surface area contributed by atoms with Gasteiger partial charge in [0.2, 0.25) is 0 Å².